The Bertz CT molecular complexity index is 360. The van der Waals surface area contributed by atoms with Crippen LogP contribution in [-0.4, -0.2) is 32.4 Å². The van der Waals surface area contributed by atoms with E-state index in [0.29, 0.717) is 12.6 Å². The maximum atomic E-state index is 5.95. The number of nitrogens with zero attached hydrogens (tertiary/aromatic N) is 4. The summed E-state index contributed by atoms with van der Waals surface area (Å²) < 4.78 is 7.83. The standard InChI is InChI=1S/C11H21N5O/c1-3-11(4-2)7-9(5-6-17-11)16-10(8-12)13-14-15-16/h9H,3-8,12H2,1-2H3. The molecular formula is C11H21N5O. The Morgan fingerprint density at radius 3 is 2.88 bits per heavy atom. The van der Waals surface area contributed by atoms with Crippen molar-refractivity contribution in [3.8, 4) is 0 Å². The fourth-order valence-electron chi connectivity index (χ4n) is 2.58. The third-order valence-corrected chi connectivity index (χ3v) is 3.85. The van der Waals surface area contributed by atoms with E-state index in [0.717, 1.165) is 38.1 Å². The van der Waals surface area contributed by atoms with E-state index in [-0.39, 0.29) is 5.60 Å². The molecule has 1 unspecified atom stereocenters. The first-order valence-electron chi connectivity index (χ1n) is 6.35. The largest absolute Gasteiger partial charge is 0.375 e. The smallest absolute Gasteiger partial charge is 0.165 e. The average molecular weight is 239 g/mol. The summed E-state index contributed by atoms with van der Waals surface area (Å²) in [5.74, 6) is 0.762. The molecule has 6 nitrogen and oxygen atoms in total. The molecule has 1 saturated heterocycles. The van der Waals surface area contributed by atoms with Crippen LogP contribution in [-0.2, 0) is 11.3 Å². The SMILES string of the molecule is CCC1(CC)CC(n2nnnc2CN)CCO1. The van der Waals surface area contributed by atoms with Gasteiger partial charge in [0.25, 0.3) is 0 Å². The minimum Gasteiger partial charge on any atom is -0.375 e. The van der Waals surface area contributed by atoms with E-state index in [1.54, 1.807) is 0 Å². The molecule has 0 radical (unpaired) electrons. The molecule has 2 N–H and O–H groups in total. The topological polar surface area (TPSA) is 78.9 Å². The zero-order valence-corrected chi connectivity index (χ0v) is 10.6. The van der Waals surface area contributed by atoms with Gasteiger partial charge in [0.2, 0.25) is 0 Å². The van der Waals surface area contributed by atoms with Crippen LogP contribution in [0.1, 0.15) is 51.4 Å². The van der Waals surface area contributed by atoms with Gasteiger partial charge in [-0.1, -0.05) is 13.8 Å². The predicted molar refractivity (Wildman–Crippen MR) is 63.2 cm³/mol. The first kappa shape index (κ1) is 12.4. The molecule has 1 fully saturated rings. The number of hydrogen-bond acceptors (Lipinski definition) is 5. The lowest BCUT2D eigenvalue weighted by atomic mass is 9.86. The number of tetrazole rings is 1. The quantitative estimate of drug-likeness (QED) is 0.849. The zero-order chi connectivity index (χ0) is 12.3. The van der Waals surface area contributed by atoms with Gasteiger partial charge < -0.3 is 10.5 Å². The predicted octanol–water partition coefficient (Wildman–Crippen LogP) is 1.04. The monoisotopic (exact) mass is 239 g/mol. The van der Waals surface area contributed by atoms with Gasteiger partial charge in [-0.3, -0.25) is 0 Å². The third kappa shape index (κ3) is 2.32. The lowest BCUT2D eigenvalue weighted by Crippen LogP contribution is -2.40. The van der Waals surface area contributed by atoms with Gasteiger partial charge >= 0.3 is 0 Å². The van der Waals surface area contributed by atoms with Gasteiger partial charge in [0.15, 0.2) is 5.82 Å². The molecule has 96 valence electrons. The van der Waals surface area contributed by atoms with Crippen LogP contribution in [0.25, 0.3) is 0 Å². The highest BCUT2D eigenvalue weighted by atomic mass is 16.5. The molecule has 0 amide bonds. The summed E-state index contributed by atoms with van der Waals surface area (Å²) in [6.45, 7) is 5.51. The van der Waals surface area contributed by atoms with Crippen LogP contribution in [0, 0.1) is 0 Å². The van der Waals surface area contributed by atoms with Crippen molar-refractivity contribution in [2.24, 2.45) is 5.73 Å². The first-order valence-corrected chi connectivity index (χ1v) is 6.35. The van der Waals surface area contributed by atoms with E-state index in [1.165, 1.54) is 0 Å². The Labute approximate surface area is 102 Å². The van der Waals surface area contributed by atoms with E-state index in [9.17, 15) is 0 Å². The van der Waals surface area contributed by atoms with Crippen molar-refractivity contribution < 1.29 is 4.74 Å². The average Bonchev–Trinajstić information content (AvgIpc) is 2.87. The highest BCUT2D eigenvalue weighted by molar-refractivity contribution is 4.91. The van der Waals surface area contributed by atoms with Gasteiger partial charge in [-0.05, 0) is 36.1 Å². The third-order valence-electron chi connectivity index (χ3n) is 3.85. The molecule has 1 aliphatic heterocycles. The van der Waals surface area contributed by atoms with Crippen molar-refractivity contribution >= 4 is 0 Å². The van der Waals surface area contributed by atoms with E-state index in [2.05, 4.69) is 29.4 Å². The van der Waals surface area contributed by atoms with Gasteiger partial charge in [-0.25, -0.2) is 4.68 Å². The first-order chi connectivity index (χ1) is 8.24. The van der Waals surface area contributed by atoms with Crippen molar-refractivity contribution in [2.45, 2.75) is 57.7 Å². The molecule has 2 heterocycles. The molecule has 17 heavy (non-hydrogen) atoms. The van der Waals surface area contributed by atoms with E-state index in [4.69, 9.17) is 10.5 Å². The highest BCUT2D eigenvalue weighted by Crippen LogP contribution is 2.36. The Kier molecular flexibility index (Phi) is 3.73. The maximum absolute atomic E-state index is 5.95. The Balaban J connectivity index is 2.17. The van der Waals surface area contributed by atoms with Gasteiger partial charge in [-0.15, -0.1) is 5.10 Å². The van der Waals surface area contributed by atoms with E-state index in [1.807, 2.05) is 4.68 Å². The molecule has 2 rings (SSSR count). The number of rotatable bonds is 4. The Morgan fingerprint density at radius 2 is 2.24 bits per heavy atom. The van der Waals surface area contributed by atoms with Crippen molar-refractivity contribution in [3.63, 3.8) is 0 Å². The second-order valence-corrected chi connectivity index (χ2v) is 4.63. The summed E-state index contributed by atoms with van der Waals surface area (Å²) in [6.07, 6.45) is 3.98. The molecule has 0 bridgehead atoms. The summed E-state index contributed by atoms with van der Waals surface area (Å²) in [7, 11) is 0. The molecular weight excluding hydrogens is 218 g/mol. The number of aromatic nitrogens is 4. The Morgan fingerprint density at radius 1 is 1.47 bits per heavy atom. The van der Waals surface area contributed by atoms with Crippen LogP contribution in [0.15, 0.2) is 0 Å². The van der Waals surface area contributed by atoms with Gasteiger partial charge in [-0.2, -0.15) is 0 Å². The molecule has 1 aromatic heterocycles. The minimum absolute atomic E-state index is 0.0132. The van der Waals surface area contributed by atoms with Crippen LogP contribution < -0.4 is 5.73 Å². The second-order valence-electron chi connectivity index (χ2n) is 4.63. The summed E-state index contributed by atoms with van der Waals surface area (Å²) in [4.78, 5) is 0. The number of ether oxygens (including phenoxy) is 1. The normalized spacial score (nSPS) is 23.8. The lowest BCUT2D eigenvalue weighted by Gasteiger charge is -2.39. The van der Waals surface area contributed by atoms with Crippen molar-refractivity contribution in [1.29, 1.82) is 0 Å². The highest BCUT2D eigenvalue weighted by Gasteiger charge is 2.36. The van der Waals surface area contributed by atoms with Crippen LogP contribution in [0.2, 0.25) is 0 Å². The Hall–Kier alpha value is -1.01. The van der Waals surface area contributed by atoms with Gasteiger partial charge in [0.05, 0.1) is 18.2 Å². The minimum atomic E-state index is -0.0132. The van der Waals surface area contributed by atoms with Gasteiger partial charge in [0, 0.05) is 6.61 Å². The molecule has 1 aromatic rings. The number of hydrogen-bond donors (Lipinski definition) is 1. The number of nitrogens with two attached hydrogens (primary N) is 1. The van der Waals surface area contributed by atoms with Gasteiger partial charge in [0.1, 0.15) is 0 Å². The fourth-order valence-corrected chi connectivity index (χ4v) is 2.58. The summed E-state index contributed by atoms with van der Waals surface area (Å²) in [6, 6.07) is 0.317. The zero-order valence-electron chi connectivity index (χ0n) is 10.6. The lowest BCUT2D eigenvalue weighted by molar-refractivity contribution is -0.101. The summed E-state index contributed by atoms with van der Waals surface area (Å²) >= 11 is 0. The van der Waals surface area contributed by atoms with Crippen LogP contribution >= 0.6 is 0 Å². The molecule has 0 saturated carbocycles. The molecule has 1 atom stereocenters. The van der Waals surface area contributed by atoms with Crippen LogP contribution in [0.5, 0.6) is 0 Å². The van der Waals surface area contributed by atoms with Crippen LogP contribution in [0.4, 0.5) is 0 Å². The van der Waals surface area contributed by atoms with Crippen molar-refractivity contribution in [2.75, 3.05) is 6.61 Å². The molecule has 1 aliphatic rings. The summed E-state index contributed by atoms with van der Waals surface area (Å²) in [5, 5.41) is 11.7. The van der Waals surface area contributed by atoms with E-state index >= 15 is 0 Å². The molecule has 0 aromatic carbocycles. The van der Waals surface area contributed by atoms with Crippen molar-refractivity contribution in [3.05, 3.63) is 5.82 Å². The molecule has 0 aliphatic carbocycles. The second kappa shape index (κ2) is 5.10. The fraction of sp³-hybridized carbons (Fsp3) is 0.909. The molecule has 6 heteroatoms. The molecule has 0 spiro atoms. The van der Waals surface area contributed by atoms with E-state index < -0.39 is 0 Å². The van der Waals surface area contributed by atoms with Crippen molar-refractivity contribution in [1.82, 2.24) is 20.2 Å². The van der Waals surface area contributed by atoms with Crippen LogP contribution in [0.3, 0.4) is 0 Å². The summed E-state index contributed by atoms with van der Waals surface area (Å²) in [5.41, 5.74) is 5.63. The maximum Gasteiger partial charge on any atom is 0.165 e.